The molecule has 2 aromatic heterocycles. The van der Waals surface area contributed by atoms with Crippen LogP contribution in [0.2, 0.25) is 5.02 Å². The van der Waals surface area contributed by atoms with Crippen LogP contribution in [0.1, 0.15) is 38.3 Å². The first-order valence-corrected chi connectivity index (χ1v) is 12.4. The molecule has 1 N–H and O–H groups in total. The lowest BCUT2D eigenvalue weighted by Gasteiger charge is -2.49. The van der Waals surface area contributed by atoms with Crippen molar-refractivity contribution in [3.63, 3.8) is 0 Å². The minimum Gasteiger partial charge on any atom is -0.480 e. The van der Waals surface area contributed by atoms with Crippen molar-refractivity contribution >= 4 is 23.3 Å². The molecule has 0 radical (unpaired) electrons. The Kier molecular flexibility index (Phi) is 6.14. The number of hydrogen-bond donors (Lipinski definition) is 1. The number of halogens is 1. The Morgan fingerprint density at radius 3 is 2.38 bits per heavy atom. The monoisotopic (exact) mass is 485 g/mol. The molecule has 0 unspecified atom stereocenters. The Hall–Kier alpha value is -2.45. The SMILES string of the molecule is COc1ccc(N2C[C@@H](C(=O)N3C[C@@H](C)[C@@](O)(C4CC4)[C@@H](C)C3)[C@H](c3ccc(Cl)cn3)C2)nn1. The predicted molar refractivity (Wildman–Crippen MR) is 129 cm³/mol. The molecule has 2 saturated heterocycles. The second-order valence-corrected chi connectivity index (χ2v) is 10.6. The number of aliphatic hydroxyl groups is 1. The predicted octanol–water partition coefficient (Wildman–Crippen LogP) is 3.01. The van der Waals surface area contributed by atoms with Crippen LogP contribution < -0.4 is 9.64 Å². The van der Waals surface area contributed by atoms with Crippen molar-refractivity contribution in [2.45, 2.75) is 38.2 Å². The maximum absolute atomic E-state index is 13.9. The zero-order chi connectivity index (χ0) is 24.0. The molecule has 3 fully saturated rings. The fourth-order valence-corrected chi connectivity index (χ4v) is 6.13. The van der Waals surface area contributed by atoms with Crippen LogP contribution in [0.5, 0.6) is 5.88 Å². The number of aromatic nitrogens is 3. The van der Waals surface area contributed by atoms with Crippen molar-refractivity contribution in [2.24, 2.45) is 23.7 Å². The number of pyridine rings is 1. The van der Waals surface area contributed by atoms with Gasteiger partial charge >= 0.3 is 0 Å². The van der Waals surface area contributed by atoms with Crippen molar-refractivity contribution in [1.29, 1.82) is 0 Å². The molecule has 1 aliphatic carbocycles. The van der Waals surface area contributed by atoms with Gasteiger partial charge in [-0.15, -0.1) is 10.2 Å². The number of amides is 1. The van der Waals surface area contributed by atoms with E-state index in [4.69, 9.17) is 16.3 Å². The van der Waals surface area contributed by atoms with E-state index in [0.717, 1.165) is 18.5 Å². The van der Waals surface area contributed by atoms with Crippen LogP contribution in [0, 0.1) is 23.7 Å². The van der Waals surface area contributed by atoms with Gasteiger partial charge in [0.2, 0.25) is 11.8 Å². The van der Waals surface area contributed by atoms with E-state index in [1.165, 1.54) is 0 Å². The van der Waals surface area contributed by atoms with Crippen molar-refractivity contribution in [3.8, 4) is 5.88 Å². The molecule has 0 spiro atoms. The van der Waals surface area contributed by atoms with Gasteiger partial charge in [-0.1, -0.05) is 25.4 Å². The minimum absolute atomic E-state index is 0.0461. The van der Waals surface area contributed by atoms with Crippen molar-refractivity contribution in [1.82, 2.24) is 20.1 Å². The Bertz CT molecular complexity index is 1020. The van der Waals surface area contributed by atoms with Gasteiger partial charge in [-0.2, -0.15) is 0 Å². The highest BCUT2D eigenvalue weighted by atomic mass is 35.5. The first kappa shape index (κ1) is 23.3. The van der Waals surface area contributed by atoms with Crippen molar-refractivity contribution in [3.05, 3.63) is 41.2 Å². The molecule has 1 saturated carbocycles. The standard InChI is InChI=1S/C25H32ClN5O3/c1-15-11-31(12-16(2)25(15,33)17-4-5-17)24(32)20-14-30(22-8-9-23(34-3)29-28-22)13-19(20)21-7-6-18(26)10-27-21/h6-10,15-17,19-20,33H,4-5,11-14H2,1-3H3/t15-,16+,19-,20-,25+/m1/s1. The third kappa shape index (κ3) is 4.11. The largest absolute Gasteiger partial charge is 0.480 e. The lowest BCUT2D eigenvalue weighted by Crippen LogP contribution is -2.59. The number of piperidine rings is 1. The van der Waals surface area contributed by atoms with Crippen LogP contribution >= 0.6 is 11.6 Å². The summed E-state index contributed by atoms with van der Waals surface area (Å²) in [6.45, 7) is 6.46. The maximum Gasteiger partial charge on any atom is 0.233 e. The number of anilines is 1. The fraction of sp³-hybridized carbons (Fsp3) is 0.600. The molecule has 4 heterocycles. The van der Waals surface area contributed by atoms with E-state index in [9.17, 15) is 9.90 Å². The van der Waals surface area contributed by atoms with Crippen LogP contribution in [0.15, 0.2) is 30.5 Å². The van der Waals surface area contributed by atoms with Crippen molar-refractivity contribution in [2.75, 3.05) is 38.2 Å². The van der Waals surface area contributed by atoms with Crippen molar-refractivity contribution < 1.29 is 14.6 Å². The minimum atomic E-state index is -0.672. The van der Waals surface area contributed by atoms with E-state index in [0.29, 0.717) is 48.8 Å². The zero-order valence-electron chi connectivity index (χ0n) is 19.9. The maximum atomic E-state index is 13.9. The molecule has 8 nitrogen and oxygen atoms in total. The molecule has 5 atom stereocenters. The summed E-state index contributed by atoms with van der Waals surface area (Å²) in [7, 11) is 1.56. The summed E-state index contributed by atoms with van der Waals surface area (Å²) >= 11 is 6.08. The molecule has 3 aliphatic rings. The topological polar surface area (TPSA) is 91.7 Å². The number of rotatable bonds is 5. The average Bonchev–Trinajstić information content (AvgIpc) is 3.61. The smallest absolute Gasteiger partial charge is 0.233 e. The van der Waals surface area contributed by atoms with E-state index in [1.807, 2.05) is 23.1 Å². The van der Waals surface area contributed by atoms with E-state index >= 15 is 0 Å². The molecule has 9 heteroatoms. The normalized spacial score (nSPS) is 31.6. The highest BCUT2D eigenvalue weighted by Gasteiger charge is 2.55. The van der Waals surface area contributed by atoms with E-state index in [1.54, 1.807) is 19.4 Å². The Labute approximate surface area is 205 Å². The highest BCUT2D eigenvalue weighted by molar-refractivity contribution is 6.30. The highest BCUT2D eigenvalue weighted by Crippen LogP contribution is 2.50. The molecule has 1 amide bonds. The third-order valence-electron chi connectivity index (χ3n) is 8.04. The third-order valence-corrected chi connectivity index (χ3v) is 8.26. The number of likely N-dealkylation sites (tertiary alicyclic amines) is 1. The number of carbonyl (C=O) groups is 1. The molecular weight excluding hydrogens is 454 g/mol. The average molecular weight is 486 g/mol. The van der Waals surface area contributed by atoms with Gasteiger partial charge in [0.25, 0.3) is 0 Å². The Balaban J connectivity index is 1.39. The second kappa shape index (κ2) is 8.96. The number of nitrogens with zero attached hydrogens (tertiary/aromatic N) is 5. The first-order valence-electron chi connectivity index (χ1n) is 12.1. The second-order valence-electron chi connectivity index (χ2n) is 10.2. The van der Waals surface area contributed by atoms with Gasteiger partial charge in [-0.05, 0) is 37.0 Å². The molecular formula is C25H32ClN5O3. The molecule has 34 heavy (non-hydrogen) atoms. The van der Waals surface area contributed by atoms with Gasteiger partial charge in [0.05, 0.1) is 23.7 Å². The van der Waals surface area contributed by atoms with Gasteiger partial charge in [-0.25, -0.2) is 0 Å². The van der Waals surface area contributed by atoms with E-state index < -0.39 is 5.60 Å². The van der Waals surface area contributed by atoms with Gasteiger partial charge in [0.15, 0.2) is 5.82 Å². The van der Waals surface area contributed by atoms with Gasteiger partial charge in [0.1, 0.15) is 0 Å². The summed E-state index contributed by atoms with van der Waals surface area (Å²) in [4.78, 5) is 22.5. The molecule has 0 aromatic carbocycles. The lowest BCUT2D eigenvalue weighted by molar-refractivity contribution is -0.154. The Morgan fingerprint density at radius 2 is 1.82 bits per heavy atom. The summed E-state index contributed by atoms with van der Waals surface area (Å²) in [6, 6.07) is 7.37. The van der Waals surface area contributed by atoms with E-state index in [-0.39, 0.29) is 29.6 Å². The molecule has 182 valence electrons. The molecule has 0 bridgehead atoms. The quantitative estimate of drug-likeness (QED) is 0.696. The molecule has 2 aliphatic heterocycles. The van der Waals surface area contributed by atoms with E-state index in [2.05, 4.69) is 33.9 Å². The fourth-order valence-electron chi connectivity index (χ4n) is 6.02. The number of ether oxygens (including phenoxy) is 1. The zero-order valence-corrected chi connectivity index (χ0v) is 20.6. The summed E-state index contributed by atoms with van der Waals surface area (Å²) in [5, 5.41) is 20.4. The number of methoxy groups -OCH3 is 1. The van der Waals surface area contributed by atoms with Gasteiger partial charge in [-0.3, -0.25) is 9.78 Å². The van der Waals surface area contributed by atoms with Gasteiger partial charge in [0, 0.05) is 61.9 Å². The van der Waals surface area contributed by atoms with Crippen LogP contribution in [-0.4, -0.2) is 70.0 Å². The summed E-state index contributed by atoms with van der Waals surface area (Å²) < 4.78 is 5.13. The summed E-state index contributed by atoms with van der Waals surface area (Å²) in [6.07, 6.45) is 3.81. The molecule has 2 aromatic rings. The molecule has 5 rings (SSSR count). The van der Waals surface area contributed by atoms with Crippen LogP contribution in [0.4, 0.5) is 5.82 Å². The van der Waals surface area contributed by atoms with Crippen LogP contribution in [0.3, 0.4) is 0 Å². The number of hydrogen-bond acceptors (Lipinski definition) is 7. The van der Waals surface area contributed by atoms with Crippen LogP contribution in [-0.2, 0) is 4.79 Å². The van der Waals surface area contributed by atoms with Gasteiger partial charge < -0.3 is 19.6 Å². The number of carbonyl (C=O) groups excluding carboxylic acids is 1. The Morgan fingerprint density at radius 1 is 1.09 bits per heavy atom. The lowest BCUT2D eigenvalue weighted by atomic mass is 9.71. The first-order chi connectivity index (χ1) is 16.3. The van der Waals surface area contributed by atoms with Crippen LogP contribution in [0.25, 0.3) is 0 Å². The summed E-state index contributed by atoms with van der Waals surface area (Å²) in [5.41, 5.74) is 0.174. The summed E-state index contributed by atoms with van der Waals surface area (Å²) in [5.74, 6) is 1.37.